The van der Waals surface area contributed by atoms with Gasteiger partial charge in [-0.1, -0.05) is 24.8 Å². The Morgan fingerprint density at radius 2 is 1.73 bits per heavy atom. The summed E-state index contributed by atoms with van der Waals surface area (Å²) in [5, 5.41) is 16.6. The highest BCUT2D eigenvalue weighted by Crippen LogP contribution is 1.98. The minimum atomic E-state index is -1.48. The van der Waals surface area contributed by atoms with Gasteiger partial charge in [0.2, 0.25) is 0 Å². The Kier molecular flexibility index (Phi) is 3.66. The molecular weight excluding hydrogens is 148 g/mol. The van der Waals surface area contributed by atoms with Crippen molar-refractivity contribution in [1.29, 1.82) is 0 Å². The topological polar surface area (TPSA) is 74.6 Å². The zero-order valence-corrected chi connectivity index (χ0v) is 5.73. The number of carboxylic acids is 2. The summed E-state index contributed by atoms with van der Waals surface area (Å²) in [6, 6.07) is 0. The van der Waals surface area contributed by atoms with Crippen LogP contribution in [0, 0.1) is 5.92 Å². The van der Waals surface area contributed by atoms with Gasteiger partial charge in [-0.25, -0.2) is 0 Å². The minimum absolute atomic E-state index is 1.05. The third-order valence-corrected chi connectivity index (χ3v) is 0.972. The maximum Gasteiger partial charge on any atom is 0.321 e. The number of hydrogen-bond acceptors (Lipinski definition) is 2. The van der Waals surface area contributed by atoms with Crippen LogP contribution in [0.2, 0.25) is 0 Å². The minimum Gasteiger partial charge on any atom is -0.480 e. The van der Waals surface area contributed by atoms with Crippen LogP contribution in [0.4, 0.5) is 0 Å². The molecule has 0 aliphatic rings. The van der Waals surface area contributed by atoms with Crippen molar-refractivity contribution in [2.45, 2.75) is 0 Å². The molecular formula is C7H8O4. The van der Waals surface area contributed by atoms with Crippen LogP contribution in [0.5, 0.6) is 0 Å². The first-order valence-corrected chi connectivity index (χ1v) is 2.84. The molecule has 0 rings (SSSR count). The number of hydrogen-bond donors (Lipinski definition) is 2. The van der Waals surface area contributed by atoms with Crippen molar-refractivity contribution in [3.63, 3.8) is 0 Å². The van der Waals surface area contributed by atoms with Crippen LogP contribution in [-0.4, -0.2) is 22.2 Å². The van der Waals surface area contributed by atoms with Crippen LogP contribution in [-0.2, 0) is 9.59 Å². The molecule has 4 nitrogen and oxygen atoms in total. The smallest absolute Gasteiger partial charge is 0.321 e. The van der Waals surface area contributed by atoms with Gasteiger partial charge in [0.1, 0.15) is 0 Å². The average Bonchev–Trinajstić information content (AvgIpc) is 1.87. The van der Waals surface area contributed by atoms with E-state index in [1.807, 2.05) is 0 Å². The van der Waals surface area contributed by atoms with E-state index in [1.54, 1.807) is 0 Å². The van der Waals surface area contributed by atoms with Gasteiger partial charge >= 0.3 is 11.9 Å². The molecule has 4 heteroatoms. The van der Waals surface area contributed by atoms with Crippen molar-refractivity contribution < 1.29 is 19.8 Å². The van der Waals surface area contributed by atoms with Crippen molar-refractivity contribution in [3.8, 4) is 0 Å². The summed E-state index contributed by atoms with van der Waals surface area (Å²) in [6.45, 7) is 3.28. The van der Waals surface area contributed by atoms with Crippen molar-refractivity contribution in [3.05, 3.63) is 24.8 Å². The van der Waals surface area contributed by atoms with E-state index < -0.39 is 17.9 Å². The maximum absolute atomic E-state index is 10.2. The molecule has 0 amide bonds. The van der Waals surface area contributed by atoms with Gasteiger partial charge in [-0.05, 0) is 0 Å². The molecule has 0 saturated carbocycles. The van der Waals surface area contributed by atoms with Gasteiger partial charge in [0, 0.05) is 0 Å². The predicted molar refractivity (Wildman–Crippen MR) is 38.1 cm³/mol. The summed E-state index contributed by atoms with van der Waals surface area (Å²) in [4.78, 5) is 20.4. The summed E-state index contributed by atoms with van der Waals surface area (Å²) in [6.07, 6.45) is 3.66. The second kappa shape index (κ2) is 4.27. The van der Waals surface area contributed by atoms with Gasteiger partial charge in [0.15, 0.2) is 5.92 Å². The summed E-state index contributed by atoms with van der Waals surface area (Å²) in [5.41, 5.74) is 0. The Labute approximate surface area is 63.5 Å². The Balaban J connectivity index is 4.35. The van der Waals surface area contributed by atoms with Crippen molar-refractivity contribution >= 4 is 11.9 Å². The molecule has 0 fully saturated rings. The second-order valence-corrected chi connectivity index (χ2v) is 1.77. The Morgan fingerprint density at radius 3 is 2.00 bits per heavy atom. The molecule has 0 heterocycles. The van der Waals surface area contributed by atoms with E-state index in [2.05, 4.69) is 6.58 Å². The molecule has 0 aromatic rings. The second-order valence-electron chi connectivity index (χ2n) is 1.77. The lowest BCUT2D eigenvalue weighted by molar-refractivity contribution is -0.151. The van der Waals surface area contributed by atoms with Gasteiger partial charge in [0.25, 0.3) is 0 Å². The lowest BCUT2D eigenvalue weighted by atomic mass is 10.1. The molecule has 2 N–H and O–H groups in total. The molecule has 0 unspecified atom stereocenters. The predicted octanol–water partition coefficient (Wildman–Crippen LogP) is 0.514. The highest BCUT2D eigenvalue weighted by atomic mass is 16.4. The van der Waals surface area contributed by atoms with E-state index in [0.717, 1.165) is 6.08 Å². The Hall–Kier alpha value is -1.58. The summed E-state index contributed by atoms with van der Waals surface area (Å²) < 4.78 is 0. The van der Waals surface area contributed by atoms with Crippen LogP contribution in [0.1, 0.15) is 0 Å². The largest absolute Gasteiger partial charge is 0.480 e. The first kappa shape index (κ1) is 9.42. The number of carbonyl (C=O) groups is 2. The normalized spacial score (nSPS) is 10.3. The summed E-state index contributed by atoms with van der Waals surface area (Å²) in [5.74, 6) is -4.24. The van der Waals surface area contributed by atoms with E-state index in [1.165, 1.54) is 12.2 Å². The highest BCUT2D eigenvalue weighted by molar-refractivity contribution is 5.94. The lowest BCUT2D eigenvalue weighted by Crippen LogP contribution is -2.20. The lowest BCUT2D eigenvalue weighted by Gasteiger charge is -1.97. The number of allylic oxidation sites excluding steroid dienone is 2. The quantitative estimate of drug-likeness (QED) is 0.459. The molecule has 0 atom stereocenters. The number of aliphatic carboxylic acids is 2. The first-order chi connectivity index (χ1) is 5.09. The van der Waals surface area contributed by atoms with Gasteiger partial charge in [-0.2, -0.15) is 0 Å². The van der Waals surface area contributed by atoms with Crippen LogP contribution >= 0.6 is 0 Å². The molecule has 0 spiro atoms. The van der Waals surface area contributed by atoms with E-state index >= 15 is 0 Å². The standard InChI is InChI=1S/C7H8O4/c1-2-3-4-5(6(8)9)7(10)11/h2-5H,1H2,(H,8,9)(H,10,11). The molecule has 0 radical (unpaired) electrons. The van der Waals surface area contributed by atoms with Crippen molar-refractivity contribution in [2.75, 3.05) is 0 Å². The van der Waals surface area contributed by atoms with Gasteiger partial charge in [-0.3, -0.25) is 9.59 Å². The van der Waals surface area contributed by atoms with Gasteiger partial charge in [0.05, 0.1) is 0 Å². The monoisotopic (exact) mass is 156 g/mol. The third-order valence-electron chi connectivity index (χ3n) is 0.972. The van der Waals surface area contributed by atoms with E-state index in [0.29, 0.717) is 0 Å². The average molecular weight is 156 g/mol. The van der Waals surface area contributed by atoms with Gasteiger partial charge < -0.3 is 10.2 Å². The van der Waals surface area contributed by atoms with Crippen molar-refractivity contribution in [2.24, 2.45) is 5.92 Å². The molecule has 11 heavy (non-hydrogen) atoms. The van der Waals surface area contributed by atoms with E-state index in [-0.39, 0.29) is 0 Å². The van der Waals surface area contributed by atoms with Crippen molar-refractivity contribution in [1.82, 2.24) is 0 Å². The maximum atomic E-state index is 10.2. The summed E-state index contributed by atoms with van der Waals surface area (Å²) in [7, 11) is 0. The highest BCUT2D eigenvalue weighted by Gasteiger charge is 2.21. The Morgan fingerprint density at radius 1 is 1.27 bits per heavy atom. The number of rotatable bonds is 4. The summed E-state index contributed by atoms with van der Waals surface area (Å²) >= 11 is 0. The number of carboxylic acid groups (broad SMARTS) is 2. The van der Waals surface area contributed by atoms with Crippen LogP contribution in [0.15, 0.2) is 24.8 Å². The fourth-order valence-electron chi connectivity index (χ4n) is 0.460. The van der Waals surface area contributed by atoms with Crippen LogP contribution < -0.4 is 0 Å². The van der Waals surface area contributed by atoms with Crippen LogP contribution in [0.25, 0.3) is 0 Å². The zero-order valence-electron chi connectivity index (χ0n) is 5.73. The molecule has 0 bridgehead atoms. The fourth-order valence-corrected chi connectivity index (χ4v) is 0.460. The third kappa shape index (κ3) is 3.20. The van der Waals surface area contributed by atoms with Crippen LogP contribution in [0.3, 0.4) is 0 Å². The first-order valence-electron chi connectivity index (χ1n) is 2.84. The molecule has 0 aliphatic heterocycles. The zero-order chi connectivity index (χ0) is 8.85. The molecule has 60 valence electrons. The molecule has 0 aromatic carbocycles. The van der Waals surface area contributed by atoms with E-state index in [9.17, 15) is 9.59 Å². The fraction of sp³-hybridized carbons (Fsp3) is 0.143. The molecule has 0 aliphatic carbocycles. The van der Waals surface area contributed by atoms with Gasteiger partial charge in [-0.15, -0.1) is 0 Å². The molecule has 0 saturated heterocycles. The SMILES string of the molecule is C=CC=CC(C(=O)O)C(=O)O. The van der Waals surface area contributed by atoms with E-state index in [4.69, 9.17) is 10.2 Å². The molecule has 0 aromatic heterocycles. The Bertz CT molecular complexity index is 190.